The third kappa shape index (κ3) is 5.40. The predicted octanol–water partition coefficient (Wildman–Crippen LogP) is 4.48. The summed E-state index contributed by atoms with van der Waals surface area (Å²) >= 11 is 0. The molecule has 3 aliphatic heterocycles. The second-order valence-corrected chi connectivity index (χ2v) is 12.3. The number of hydrogen-bond donors (Lipinski definition) is 1. The minimum Gasteiger partial charge on any atom is -0.496 e. The Morgan fingerprint density at radius 2 is 1.57 bits per heavy atom. The van der Waals surface area contributed by atoms with Crippen LogP contribution in [0.4, 0.5) is 5.69 Å². The quantitative estimate of drug-likeness (QED) is 0.452. The summed E-state index contributed by atoms with van der Waals surface area (Å²) in [5.41, 5.74) is 4.28. The number of sulfonamides is 1. The van der Waals surface area contributed by atoms with E-state index in [1.165, 1.54) is 34.5 Å². The van der Waals surface area contributed by atoms with E-state index in [-0.39, 0.29) is 5.92 Å². The number of rotatable bonds is 9. The van der Waals surface area contributed by atoms with Crippen LogP contribution in [0.3, 0.4) is 0 Å². The first kappa shape index (κ1) is 25.8. The fraction of sp³-hybridized carbons (Fsp3) is 0.400. The number of anilines is 1. The van der Waals surface area contributed by atoms with Crippen LogP contribution >= 0.6 is 0 Å². The van der Waals surface area contributed by atoms with E-state index in [9.17, 15) is 8.42 Å². The molecule has 3 aromatic rings. The molecule has 6 rings (SSSR count). The maximum Gasteiger partial charge on any atom is 0.231 e. The molecule has 3 saturated heterocycles. The topological polar surface area (TPSA) is 61.9 Å². The van der Waals surface area contributed by atoms with Crippen molar-refractivity contribution in [2.24, 2.45) is 5.92 Å². The van der Waals surface area contributed by atoms with Gasteiger partial charge in [-0.1, -0.05) is 60.7 Å². The third-order valence-electron chi connectivity index (χ3n) is 8.18. The van der Waals surface area contributed by atoms with Crippen molar-refractivity contribution in [3.63, 3.8) is 0 Å². The van der Waals surface area contributed by atoms with Gasteiger partial charge in [-0.25, -0.2) is 8.42 Å². The highest BCUT2D eigenvalue weighted by Gasteiger charge is 2.46. The Labute approximate surface area is 221 Å². The van der Waals surface area contributed by atoms with Gasteiger partial charge >= 0.3 is 0 Å². The minimum absolute atomic E-state index is 0.257. The monoisotopic (exact) mass is 519 g/mol. The molecule has 2 bridgehead atoms. The zero-order chi connectivity index (χ0) is 26.0. The lowest BCUT2D eigenvalue weighted by Gasteiger charge is -2.54. The van der Waals surface area contributed by atoms with Crippen LogP contribution in [0, 0.1) is 5.92 Å². The van der Waals surface area contributed by atoms with Crippen molar-refractivity contribution in [1.82, 2.24) is 10.2 Å². The maximum absolute atomic E-state index is 12.2. The first-order valence-corrected chi connectivity index (χ1v) is 14.9. The Kier molecular flexibility index (Phi) is 7.56. The lowest BCUT2D eigenvalue weighted by atomic mass is 9.70. The third-order valence-corrected chi connectivity index (χ3v) is 9.39. The molecule has 0 aromatic heterocycles. The van der Waals surface area contributed by atoms with E-state index in [0.29, 0.717) is 30.2 Å². The van der Waals surface area contributed by atoms with Crippen LogP contribution in [0.15, 0.2) is 78.9 Å². The normalized spacial score (nSPS) is 23.2. The SMILES string of the molecule is COc1ccc(N(C)S(C)(=O)=O)cc1CNC1C2CCN(CC2)C1C(c1ccccc1)c1ccccc1. The molecule has 196 valence electrons. The Morgan fingerprint density at radius 1 is 0.973 bits per heavy atom. The van der Waals surface area contributed by atoms with Crippen molar-refractivity contribution in [3.8, 4) is 5.75 Å². The van der Waals surface area contributed by atoms with Crippen LogP contribution < -0.4 is 14.4 Å². The summed E-state index contributed by atoms with van der Waals surface area (Å²) in [5.74, 6) is 1.61. The molecule has 3 fully saturated rings. The summed E-state index contributed by atoms with van der Waals surface area (Å²) in [7, 11) is -0.102. The standard InChI is InChI=1S/C30H37N3O3S/c1-32(37(3,34)35)26-14-15-27(36-2)25(20-26)21-31-29-24-16-18-33(19-17-24)30(29)28(22-10-6-4-7-11-22)23-12-8-5-9-13-23/h4-15,20,24,28-31H,16-19,21H2,1-3H3. The molecule has 0 spiro atoms. The second kappa shape index (κ2) is 10.9. The van der Waals surface area contributed by atoms with Gasteiger partial charge in [0.05, 0.1) is 19.1 Å². The average Bonchev–Trinajstić information content (AvgIpc) is 2.93. The van der Waals surface area contributed by atoms with E-state index in [1.54, 1.807) is 20.2 Å². The van der Waals surface area contributed by atoms with Crippen LogP contribution in [0.5, 0.6) is 5.75 Å². The highest BCUT2D eigenvalue weighted by Crippen LogP contribution is 2.42. The molecule has 0 radical (unpaired) electrons. The Bertz CT molecular complexity index is 1250. The summed E-state index contributed by atoms with van der Waals surface area (Å²) in [6, 6.07) is 27.9. The van der Waals surface area contributed by atoms with Gasteiger partial charge < -0.3 is 10.1 Å². The van der Waals surface area contributed by atoms with E-state index >= 15 is 0 Å². The molecule has 2 atom stereocenters. The average molecular weight is 520 g/mol. The van der Waals surface area contributed by atoms with Crippen molar-refractivity contribution in [3.05, 3.63) is 95.6 Å². The van der Waals surface area contributed by atoms with Crippen LogP contribution in [0.2, 0.25) is 0 Å². The molecule has 7 heteroatoms. The molecule has 1 N–H and O–H groups in total. The zero-order valence-corrected chi connectivity index (χ0v) is 22.7. The van der Waals surface area contributed by atoms with Crippen LogP contribution in [0.1, 0.15) is 35.4 Å². The molecule has 3 aromatic carbocycles. The van der Waals surface area contributed by atoms with E-state index in [2.05, 4.69) is 70.9 Å². The van der Waals surface area contributed by atoms with Crippen LogP contribution in [-0.2, 0) is 16.6 Å². The Morgan fingerprint density at radius 3 is 2.11 bits per heavy atom. The van der Waals surface area contributed by atoms with Gasteiger partial charge in [-0.2, -0.15) is 0 Å². The van der Waals surface area contributed by atoms with E-state index in [4.69, 9.17) is 4.74 Å². The van der Waals surface area contributed by atoms with Gasteiger partial charge in [0, 0.05) is 37.2 Å². The number of benzene rings is 3. The Hall–Kier alpha value is -2.87. The van der Waals surface area contributed by atoms with Crippen molar-refractivity contribution in [1.29, 1.82) is 0 Å². The fourth-order valence-electron chi connectivity index (χ4n) is 6.21. The van der Waals surface area contributed by atoms with Crippen LogP contribution in [-0.4, -0.2) is 58.9 Å². The number of hydrogen-bond acceptors (Lipinski definition) is 5. The number of nitrogens with zero attached hydrogens (tertiary/aromatic N) is 2. The smallest absolute Gasteiger partial charge is 0.231 e. The highest BCUT2D eigenvalue weighted by molar-refractivity contribution is 7.92. The van der Waals surface area contributed by atoms with Gasteiger partial charge in [-0.05, 0) is 61.2 Å². The zero-order valence-electron chi connectivity index (χ0n) is 21.9. The molecule has 0 amide bonds. The fourth-order valence-corrected chi connectivity index (χ4v) is 6.71. The molecule has 3 heterocycles. The van der Waals surface area contributed by atoms with Crippen molar-refractivity contribution >= 4 is 15.7 Å². The predicted molar refractivity (Wildman–Crippen MR) is 150 cm³/mol. The lowest BCUT2D eigenvalue weighted by Crippen LogP contribution is -2.64. The van der Waals surface area contributed by atoms with Crippen molar-refractivity contribution in [2.75, 3.05) is 37.8 Å². The first-order chi connectivity index (χ1) is 17.9. The van der Waals surface area contributed by atoms with Gasteiger partial charge in [0.15, 0.2) is 0 Å². The van der Waals surface area contributed by atoms with Crippen LogP contribution in [0.25, 0.3) is 0 Å². The number of methoxy groups -OCH3 is 1. The van der Waals surface area contributed by atoms with E-state index < -0.39 is 10.0 Å². The van der Waals surface area contributed by atoms with Gasteiger partial charge in [0.1, 0.15) is 5.75 Å². The van der Waals surface area contributed by atoms with Crippen molar-refractivity contribution in [2.45, 2.75) is 37.4 Å². The van der Waals surface area contributed by atoms with E-state index in [0.717, 1.165) is 24.4 Å². The molecule has 0 saturated carbocycles. The minimum atomic E-state index is -3.35. The molecule has 0 aliphatic carbocycles. The van der Waals surface area contributed by atoms with Gasteiger partial charge in [0.2, 0.25) is 10.0 Å². The number of nitrogens with one attached hydrogen (secondary N) is 1. The molecule has 6 nitrogen and oxygen atoms in total. The summed E-state index contributed by atoms with van der Waals surface area (Å²) in [6.07, 6.45) is 3.61. The molecule has 2 unspecified atom stereocenters. The summed E-state index contributed by atoms with van der Waals surface area (Å²) in [4.78, 5) is 2.67. The maximum atomic E-state index is 12.2. The lowest BCUT2D eigenvalue weighted by molar-refractivity contribution is 0.00462. The molecular formula is C30H37N3O3S. The first-order valence-electron chi connectivity index (χ1n) is 13.0. The highest BCUT2D eigenvalue weighted by atomic mass is 32.2. The summed E-state index contributed by atoms with van der Waals surface area (Å²) in [5, 5.41) is 3.93. The molecule has 3 aliphatic rings. The Balaban J connectivity index is 1.48. The summed E-state index contributed by atoms with van der Waals surface area (Å²) in [6.45, 7) is 2.86. The van der Waals surface area contributed by atoms with Gasteiger partial charge in [-0.3, -0.25) is 9.21 Å². The number of fused-ring (bicyclic) bond motifs is 3. The number of ether oxygens (including phenoxy) is 1. The largest absolute Gasteiger partial charge is 0.496 e. The molecular weight excluding hydrogens is 482 g/mol. The van der Waals surface area contributed by atoms with Crippen molar-refractivity contribution < 1.29 is 13.2 Å². The van der Waals surface area contributed by atoms with E-state index in [1.807, 2.05) is 12.1 Å². The second-order valence-electron chi connectivity index (χ2n) is 10.3. The van der Waals surface area contributed by atoms with Gasteiger partial charge in [-0.15, -0.1) is 0 Å². The number of piperidine rings is 3. The summed E-state index contributed by atoms with van der Waals surface area (Å²) < 4.78 is 31.3. The van der Waals surface area contributed by atoms with Gasteiger partial charge in [0.25, 0.3) is 0 Å². The molecule has 37 heavy (non-hydrogen) atoms.